The van der Waals surface area contributed by atoms with Crippen molar-refractivity contribution in [3.05, 3.63) is 72.9 Å². The number of carbonyl (C=O) groups is 2. The Hall–Kier alpha value is -2.59. The third-order valence-electron chi connectivity index (χ3n) is 9.30. The molecule has 0 radical (unpaired) electrons. The molecule has 340 valence electrons. The van der Waals surface area contributed by atoms with Crippen LogP contribution in [0.15, 0.2) is 72.9 Å². The number of nitrogens with zero attached hydrogens (tertiary/aromatic N) is 1. The quantitative estimate of drug-likeness (QED) is 0.0160. The summed E-state index contributed by atoms with van der Waals surface area (Å²) in [6.45, 7) is 3.93. The van der Waals surface area contributed by atoms with Crippen LogP contribution < -0.4 is 4.89 Å². The van der Waals surface area contributed by atoms with Crippen LogP contribution in [0.25, 0.3) is 0 Å². The fourth-order valence-corrected chi connectivity index (χ4v) is 6.40. The Morgan fingerprint density at radius 3 is 1.75 bits per heavy atom. The van der Waals surface area contributed by atoms with Crippen LogP contribution in [0.5, 0.6) is 0 Å². The molecule has 1 N–H and O–H groups in total. The van der Waals surface area contributed by atoms with E-state index in [4.69, 9.17) is 18.5 Å². The molecule has 0 aromatic heterocycles. The molecule has 0 aromatic rings. The van der Waals surface area contributed by atoms with Crippen LogP contribution in [0.4, 0.5) is 0 Å². The highest BCUT2D eigenvalue weighted by atomic mass is 31.2. The van der Waals surface area contributed by atoms with Crippen molar-refractivity contribution in [1.29, 1.82) is 0 Å². The topological polar surface area (TPSA) is 131 Å². The van der Waals surface area contributed by atoms with Crippen LogP contribution in [0.3, 0.4) is 0 Å². The van der Waals surface area contributed by atoms with E-state index >= 15 is 0 Å². The highest BCUT2D eigenvalue weighted by Crippen LogP contribution is 2.38. The Morgan fingerprint density at radius 1 is 0.627 bits per heavy atom. The number of hydrogen-bond acceptors (Lipinski definition) is 9. The number of likely N-dealkylation sites (N-methyl/N-ethyl adjacent to an activating group) is 1. The zero-order valence-corrected chi connectivity index (χ0v) is 38.7. The molecule has 0 spiro atoms. The van der Waals surface area contributed by atoms with E-state index in [1.165, 1.54) is 64.2 Å². The number of esters is 2. The summed E-state index contributed by atoms with van der Waals surface area (Å²) in [4.78, 5) is 37.6. The van der Waals surface area contributed by atoms with Gasteiger partial charge in [0.05, 0.1) is 33.9 Å². The second-order valence-corrected chi connectivity index (χ2v) is 17.7. The van der Waals surface area contributed by atoms with Gasteiger partial charge in [-0.25, -0.2) is 0 Å². The monoisotopic (exact) mass is 850 g/mol. The molecular formula is C48H84NO9P. The van der Waals surface area contributed by atoms with Crippen molar-refractivity contribution in [2.24, 2.45) is 0 Å². The van der Waals surface area contributed by atoms with E-state index in [1.54, 1.807) is 12.2 Å². The van der Waals surface area contributed by atoms with Crippen LogP contribution in [-0.2, 0) is 32.7 Å². The van der Waals surface area contributed by atoms with Gasteiger partial charge in [0.2, 0.25) is 0 Å². The fourth-order valence-electron chi connectivity index (χ4n) is 5.67. The predicted molar refractivity (Wildman–Crippen MR) is 242 cm³/mol. The molecule has 0 aliphatic heterocycles. The van der Waals surface area contributed by atoms with Crippen molar-refractivity contribution in [1.82, 2.24) is 0 Å². The van der Waals surface area contributed by atoms with E-state index in [-0.39, 0.29) is 26.1 Å². The molecular weight excluding hydrogens is 766 g/mol. The van der Waals surface area contributed by atoms with Crippen LogP contribution >= 0.6 is 7.82 Å². The molecule has 3 atom stereocenters. The highest BCUT2D eigenvalue weighted by Gasteiger charge is 2.22. The molecule has 0 aliphatic carbocycles. The number of unbranched alkanes of at least 4 members (excludes halogenated alkanes) is 13. The zero-order chi connectivity index (χ0) is 43.7. The Morgan fingerprint density at radius 2 is 1.14 bits per heavy atom. The standard InChI is InChI=1S/C48H84NO9P/c1-6-8-10-12-14-16-18-20-21-22-23-25-27-29-31-33-35-39-48(52)58-46(44-57-59(53,54)56-42-41-49(3,4)5)43-55-47(51)40-36-38-45(50)37-34-32-30-28-26-24-19-17-15-13-11-9-7-2/h14,16,20-21,23-26,30,32,34,37,45-46,50H,6-13,15,17-19,22,27-29,31,33,35-36,38-44H2,1-5H3/b16-14-,21-20-,25-23-,26-24+,32-30+,37-34+/t45?,46-/m1/s1. The van der Waals surface area contributed by atoms with Crippen LogP contribution in [-0.4, -0.2) is 81.2 Å². The van der Waals surface area contributed by atoms with Crippen molar-refractivity contribution in [3.8, 4) is 0 Å². The highest BCUT2D eigenvalue weighted by molar-refractivity contribution is 7.45. The van der Waals surface area contributed by atoms with Gasteiger partial charge in [-0.05, 0) is 77.0 Å². The summed E-state index contributed by atoms with van der Waals surface area (Å²) in [6.07, 6.45) is 45.3. The van der Waals surface area contributed by atoms with Gasteiger partial charge in [-0.1, -0.05) is 145 Å². The summed E-state index contributed by atoms with van der Waals surface area (Å²) >= 11 is 0. The summed E-state index contributed by atoms with van der Waals surface area (Å²) in [6, 6.07) is 0. The van der Waals surface area contributed by atoms with Gasteiger partial charge in [-0.2, -0.15) is 0 Å². The minimum atomic E-state index is -4.68. The van der Waals surface area contributed by atoms with Crippen molar-refractivity contribution < 1.29 is 47.2 Å². The molecule has 0 bridgehead atoms. The van der Waals surface area contributed by atoms with Crippen molar-refractivity contribution >= 4 is 19.8 Å². The molecule has 0 amide bonds. The number of aliphatic hydroxyl groups is 1. The molecule has 59 heavy (non-hydrogen) atoms. The summed E-state index contributed by atoms with van der Waals surface area (Å²) in [7, 11) is 1.04. The van der Waals surface area contributed by atoms with Gasteiger partial charge in [0.25, 0.3) is 7.82 Å². The van der Waals surface area contributed by atoms with Crippen molar-refractivity contribution in [2.45, 2.75) is 174 Å². The number of aliphatic hydroxyl groups excluding tert-OH is 1. The Bertz CT molecular complexity index is 1250. The minimum Gasteiger partial charge on any atom is -0.756 e. The molecule has 0 aromatic carbocycles. The van der Waals surface area contributed by atoms with Gasteiger partial charge in [0.15, 0.2) is 6.10 Å². The second kappa shape index (κ2) is 39.5. The molecule has 11 heteroatoms. The van der Waals surface area contributed by atoms with Gasteiger partial charge in [0, 0.05) is 12.8 Å². The Labute approximate surface area is 360 Å². The zero-order valence-electron chi connectivity index (χ0n) is 37.8. The lowest BCUT2D eigenvalue weighted by atomic mass is 10.1. The lowest BCUT2D eigenvalue weighted by Gasteiger charge is -2.28. The minimum absolute atomic E-state index is 0.0443. The van der Waals surface area contributed by atoms with E-state index in [9.17, 15) is 24.2 Å². The molecule has 0 fully saturated rings. The molecule has 0 aliphatic rings. The number of hydrogen-bond donors (Lipinski definition) is 1. The molecule has 0 rings (SSSR count). The molecule has 0 saturated carbocycles. The number of carbonyl (C=O) groups excluding carboxylic acids is 2. The lowest BCUT2D eigenvalue weighted by molar-refractivity contribution is -0.870. The van der Waals surface area contributed by atoms with Crippen LogP contribution in [0.1, 0.15) is 162 Å². The maximum absolute atomic E-state index is 12.7. The summed E-state index contributed by atoms with van der Waals surface area (Å²) in [5, 5.41) is 10.3. The van der Waals surface area contributed by atoms with Gasteiger partial charge in [0.1, 0.15) is 19.8 Å². The van der Waals surface area contributed by atoms with Crippen LogP contribution in [0.2, 0.25) is 0 Å². The number of phosphoric acid groups is 1. The number of ether oxygens (including phenoxy) is 2. The summed E-state index contributed by atoms with van der Waals surface area (Å²) in [5.41, 5.74) is 0. The summed E-state index contributed by atoms with van der Waals surface area (Å²) < 4.78 is 33.7. The Kier molecular flexibility index (Phi) is 37.8. The molecule has 0 heterocycles. The number of phosphoric ester groups is 1. The van der Waals surface area contributed by atoms with Crippen molar-refractivity contribution in [3.63, 3.8) is 0 Å². The van der Waals surface area contributed by atoms with Gasteiger partial charge < -0.3 is 33.0 Å². The van der Waals surface area contributed by atoms with E-state index in [2.05, 4.69) is 62.5 Å². The second-order valence-electron chi connectivity index (χ2n) is 16.3. The predicted octanol–water partition coefficient (Wildman–Crippen LogP) is 11.4. The normalized spacial score (nSPS) is 14.8. The number of allylic oxidation sites excluding steroid dienone is 11. The average molecular weight is 850 g/mol. The maximum Gasteiger partial charge on any atom is 0.306 e. The van der Waals surface area contributed by atoms with Crippen molar-refractivity contribution in [2.75, 3.05) is 47.5 Å². The van der Waals surface area contributed by atoms with E-state index in [1.807, 2.05) is 33.3 Å². The van der Waals surface area contributed by atoms with Crippen LogP contribution in [0, 0.1) is 0 Å². The van der Waals surface area contributed by atoms with E-state index < -0.39 is 38.6 Å². The first-order valence-electron chi connectivity index (χ1n) is 22.8. The smallest absolute Gasteiger partial charge is 0.306 e. The summed E-state index contributed by atoms with van der Waals surface area (Å²) in [5.74, 6) is -1.06. The van der Waals surface area contributed by atoms with Gasteiger partial charge in [-0.3, -0.25) is 14.2 Å². The SMILES string of the molecule is CCCCC/C=C\C/C=C\C/C=C\CCCCCCC(=O)O[C@H](COC(=O)CCCC(O)/C=C/C=C/C/C=C/CCCCCCCC)COP(=O)([O-])OCC[N+](C)(C)C. The largest absolute Gasteiger partial charge is 0.756 e. The first-order valence-corrected chi connectivity index (χ1v) is 24.2. The number of rotatable bonds is 40. The molecule has 0 saturated heterocycles. The maximum atomic E-state index is 12.7. The average Bonchev–Trinajstić information content (AvgIpc) is 3.18. The third-order valence-corrected chi connectivity index (χ3v) is 10.3. The Balaban J connectivity index is 4.58. The molecule has 10 nitrogen and oxygen atoms in total. The first-order chi connectivity index (χ1) is 28.4. The van der Waals surface area contributed by atoms with Gasteiger partial charge >= 0.3 is 11.9 Å². The molecule has 2 unspecified atom stereocenters. The fraction of sp³-hybridized carbons (Fsp3) is 0.708. The number of quaternary nitrogens is 1. The van der Waals surface area contributed by atoms with E-state index in [0.717, 1.165) is 51.4 Å². The van der Waals surface area contributed by atoms with Gasteiger partial charge in [-0.15, -0.1) is 0 Å². The first kappa shape index (κ1) is 56.4. The lowest BCUT2D eigenvalue weighted by Crippen LogP contribution is -2.37. The third kappa shape index (κ3) is 43.3. The van der Waals surface area contributed by atoms with E-state index in [0.29, 0.717) is 30.3 Å².